The van der Waals surface area contributed by atoms with E-state index in [1.807, 2.05) is 6.92 Å². The van der Waals surface area contributed by atoms with Gasteiger partial charge in [0.25, 0.3) is 0 Å². The molecule has 1 aromatic heterocycles. The van der Waals surface area contributed by atoms with Gasteiger partial charge < -0.3 is 10.1 Å². The molecule has 0 aliphatic heterocycles. The van der Waals surface area contributed by atoms with Crippen molar-refractivity contribution in [2.45, 2.75) is 45.8 Å². The molecule has 0 bridgehead atoms. The predicted molar refractivity (Wildman–Crippen MR) is 75.8 cm³/mol. The van der Waals surface area contributed by atoms with E-state index in [1.165, 1.54) is 0 Å². The van der Waals surface area contributed by atoms with Gasteiger partial charge in [-0.15, -0.1) is 0 Å². The highest BCUT2D eigenvalue weighted by atomic mass is 16.6. The van der Waals surface area contributed by atoms with E-state index in [0.29, 0.717) is 17.9 Å². The van der Waals surface area contributed by atoms with Crippen LogP contribution in [0.2, 0.25) is 0 Å². The Morgan fingerprint density at radius 1 is 1.60 bits per heavy atom. The third-order valence-electron chi connectivity index (χ3n) is 4.38. The summed E-state index contributed by atoms with van der Waals surface area (Å²) in [6, 6.07) is 0.145. The Balaban J connectivity index is 2.27. The van der Waals surface area contributed by atoms with Crippen LogP contribution in [0.5, 0.6) is 0 Å². The molecule has 20 heavy (non-hydrogen) atoms. The zero-order valence-electron chi connectivity index (χ0n) is 12.6. The van der Waals surface area contributed by atoms with Crippen molar-refractivity contribution in [2.24, 2.45) is 12.5 Å². The second-order valence-corrected chi connectivity index (χ2v) is 5.86. The fourth-order valence-corrected chi connectivity index (χ4v) is 2.86. The van der Waals surface area contributed by atoms with E-state index >= 15 is 0 Å². The number of aromatic nitrogens is 2. The summed E-state index contributed by atoms with van der Waals surface area (Å²) in [4.78, 5) is 10.9. The molecule has 0 spiro atoms. The van der Waals surface area contributed by atoms with Crippen LogP contribution in [0.4, 0.5) is 11.5 Å². The van der Waals surface area contributed by atoms with E-state index in [4.69, 9.17) is 4.74 Å². The molecule has 1 saturated carbocycles. The van der Waals surface area contributed by atoms with Crippen molar-refractivity contribution >= 4 is 11.5 Å². The molecule has 7 heteroatoms. The first-order valence-corrected chi connectivity index (χ1v) is 6.82. The fraction of sp³-hybridized carbons (Fsp3) is 0.769. The second-order valence-electron chi connectivity index (χ2n) is 5.86. The Kier molecular flexibility index (Phi) is 3.73. The van der Waals surface area contributed by atoms with Crippen LogP contribution in [-0.4, -0.2) is 34.0 Å². The normalized spacial score (nSPS) is 24.2. The van der Waals surface area contributed by atoms with Gasteiger partial charge in [-0.2, -0.15) is 5.10 Å². The highest BCUT2D eigenvalue weighted by molar-refractivity contribution is 5.60. The highest BCUT2D eigenvalue weighted by Gasteiger charge is 2.49. The molecule has 1 heterocycles. The van der Waals surface area contributed by atoms with Crippen LogP contribution in [0.3, 0.4) is 0 Å². The Labute approximate surface area is 118 Å². The number of rotatable bonds is 5. The van der Waals surface area contributed by atoms with E-state index in [2.05, 4.69) is 24.3 Å². The van der Waals surface area contributed by atoms with Crippen molar-refractivity contribution in [1.29, 1.82) is 0 Å². The Hall–Kier alpha value is -1.63. The fourth-order valence-electron chi connectivity index (χ4n) is 2.86. The van der Waals surface area contributed by atoms with Crippen molar-refractivity contribution in [1.82, 2.24) is 9.78 Å². The summed E-state index contributed by atoms with van der Waals surface area (Å²) in [5.41, 5.74) is 0.548. The minimum atomic E-state index is -0.354. The molecule has 112 valence electrons. The quantitative estimate of drug-likeness (QED) is 0.660. The number of ether oxygens (including phenoxy) is 1. The van der Waals surface area contributed by atoms with Gasteiger partial charge in [0.2, 0.25) is 5.82 Å². The Morgan fingerprint density at radius 3 is 2.70 bits per heavy atom. The van der Waals surface area contributed by atoms with Crippen LogP contribution in [0.15, 0.2) is 0 Å². The largest absolute Gasteiger partial charge is 0.381 e. The number of hydrogen-bond acceptors (Lipinski definition) is 5. The number of anilines is 1. The molecule has 1 aromatic rings. The molecule has 1 N–H and O–H groups in total. The lowest BCUT2D eigenvalue weighted by molar-refractivity contribution is -0.384. The number of aryl methyl sites for hydroxylation is 2. The molecule has 2 rings (SSSR count). The standard InChI is InChI=1S/C13H22N4O3/c1-6-8-11(17(18)19)12(16(4)15-8)14-9-7-10(20-5)13(9,2)3/h9-10,14H,6-7H2,1-5H3. The highest BCUT2D eigenvalue weighted by Crippen LogP contribution is 2.45. The maximum Gasteiger partial charge on any atom is 0.333 e. The van der Waals surface area contributed by atoms with E-state index in [1.54, 1.807) is 18.8 Å². The molecule has 1 aliphatic carbocycles. The summed E-state index contributed by atoms with van der Waals surface area (Å²) >= 11 is 0. The summed E-state index contributed by atoms with van der Waals surface area (Å²) in [6.07, 6.45) is 1.56. The number of nitrogens with zero attached hydrogens (tertiary/aromatic N) is 3. The molecule has 0 radical (unpaired) electrons. The lowest BCUT2D eigenvalue weighted by Gasteiger charge is -2.51. The molecular formula is C13H22N4O3. The molecule has 1 aliphatic rings. The van der Waals surface area contributed by atoms with E-state index < -0.39 is 0 Å². The van der Waals surface area contributed by atoms with Gasteiger partial charge in [-0.1, -0.05) is 20.8 Å². The first kappa shape index (κ1) is 14.8. The second kappa shape index (κ2) is 5.05. The van der Waals surface area contributed by atoms with E-state index in [-0.39, 0.29) is 28.2 Å². The van der Waals surface area contributed by atoms with Gasteiger partial charge in [0.05, 0.1) is 11.0 Å². The SMILES string of the molecule is CCc1nn(C)c(NC2CC(OC)C2(C)C)c1[N+](=O)[O-]. The molecule has 1 fully saturated rings. The van der Waals surface area contributed by atoms with Crippen LogP contribution in [0.1, 0.15) is 32.9 Å². The van der Waals surface area contributed by atoms with Crippen molar-refractivity contribution in [3.05, 3.63) is 15.8 Å². The molecule has 7 nitrogen and oxygen atoms in total. The average molecular weight is 282 g/mol. The first-order chi connectivity index (χ1) is 9.32. The number of nitro groups is 1. The minimum absolute atomic E-state index is 0.0563. The van der Waals surface area contributed by atoms with Crippen LogP contribution in [0.25, 0.3) is 0 Å². The zero-order chi connectivity index (χ0) is 15.1. The van der Waals surface area contributed by atoms with E-state index in [9.17, 15) is 10.1 Å². The number of hydrogen-bond donors (Lipinski definition) is 1. The Morgan fingerprint density at radius 2 is 2.25 bits per heavy atom. The third kappa shape index (κ3) is 2.15. The zero-order valence-corrected chi connectivity index (χ0v) is 12.6. The topological polar surface area (TPSA) is 82.2 Å². The average Bonchev–Trinajstić information content (AvgIpc) is 2.70. The molecule has 2 unspecified atom stereocenters. The smallest absolute Gasteiger partial charge is 0.333 e. The van der Waals surface area contributed by atoms with Gasteiger partial charge in [0.1, 0.15) is 5.69 Å². The van der Waals surface area contributed by atoms with Crippen molar-refractivity contribution in [3.63, 3.8) is 0 Å². The van der Waals surface area contributed by atoms with Crippen molar-refractivity contribution in [3.8, 4) is 0 Å². The van der Waals surface area contributed by atoms with Crippen LogP contribution in [0, 0.1) is 15.5 Å². The van der Waals surface area contributed by atoms with Gasteiger partial charge in [-0.25, -0.2) is 4.68 Å². The van der Waals surface area contributed by atoms with Gasteiger partial charge in [-0.05, 0) is 12.8 Å². The summed E-state index contributed by atoms with van der Waals surface area (Å²) in [7, 11) is 3.43. The maximum atomic E-state index is 11.3. The lowest BCUT2D eigenvalue weighted by atomic mass is 9.64. The molecule has 0 aromatic carbocycles. The molecule has 2 atom stereocenters. The molecule has 0 saturated heterocycles. The molecule has 0 amide bonds. The lowest BCUT2D eigenvalue weighted by Crippen LogP contribution is -2.57. The summed E-state index contributed by atoms with van der Waals surface area (Å²) in [6.45, 7) is 6.07. The van der Waals surface area contributed by atoms with Gasteiger partial charge in [-0.3, -0.25) is 10.1 Å². The predicted octanol–water partition coefficient (Wildman–Crippen LogP) is 2.12. The molecular weight excluding hydrogens is 260 g/mol. The van der Waals surface area contributed by atoms with Crippen molar-refractivity contribution < 1.29 is 9.66 Å². The van der Waals surface area contributed by atoms with Gasteiger partial charge in [0, 0.05) is 25.6 Å². The maximum absolute atomic E-state index is 11.3. The van der Waals surface area contributed by atoms with Crippen molar-refractivity contribution in [2.75, 3.05) is 12.4 Å². The number of methoxy groups -OCH3 is 1. The third-order valence-corrected chi connectivity index (χ3v) is 4.38. The Bertz CT molecular complexity index is 524. The van der Waals surface area contributed by atoms with Crippen LogP contribution >= 0.6 is 0 Å². The minimum Gasteiger partial charge on any atom is -0.381 e. The van der Waals surface area contributed by atoms with Crippen LogP contribution < -0.4 is 5.32 Å². The van der Waals surface area contributed by atoms with E-state index in [0.717, 1.165) is 6.42 Å². The summed E-state index contributed by atoms with van der Waals surface area (Å²) in [5.74, 6) is 0.486. The summed E-state index contributed by atoms with van der Waals surface area (Å²) < 4.78 is 6.97. The van der Waals surface area contributed by atoms with Crippen LogP contribution in [-0.2, 0) is 18.2 Å². The van der Waals surface area contributed by atoms with Gasteiger partial charge >= 0.3 is 5.69 Å². The first-order valence-electron chi connectivity index (χ1n) is 6.82. The number of nitrogens with one attached hydrogen (secondary N) is 1. The monoisotopic (exact) mass is 282 g/mol. The summed E-state index contributed by atoms with van der Waals surface area (Å²) in [5, 5.41) is 18.8. The van der Waals surface area contributed by atoms with Gasteiger partial charge in [0.15, 0.2) is 0 Å².